The van der Waals surface area contributed by atoms with Crippen molar-refractivity contribution in [2.24, 2.45) is 0 Å². The Balaban J connectivity index is 1.46. The summed E-state index contributed by atoms with van der Waals surface area (Å²) in [7, 11) is 0. The maximum atomic E-state index is 12.2. The first-order chi connectivity index (χ1) is 12.1. The fraction of sp³-hybridized carbons (Fsp3) is 0.294. The zero-order valence-electron chi connectivity index (χ0n) is 13.5. The van der Waals surface area contributed by atoms with Gasteiger partial charge >= 0.3 is 5.97 Å². The molecule has 8 heteroatoms. The van der Waals surface area contributed by atoms with Crippen LogP contribution in [0.1, 0.15) is 10.4 Å². The van der Waals surface area contributed by atoms with Gasteiger partial charge in [-0.15, -0.1) is 0 Å². The van der Waals surface area contributed by atoms with Gasteiger partial charge in [-0.25, -0.2) is 14.8 Å². The number of aromatic nitrogens is 2. The zero-order chi connectivity index (χ0) is 17.6. The molecule has 0 bridgehead atoms. The lowest BCUT2D eigenvalue weighted by atomic mass is 10.2. The molecule has 1 aliphatic rings. The fourth-order valence-corrected chi connectivity index (χ4v) is 2.76. The Kier molecular flexibility index (Phi) is 5.60. The van der Waals surface area contributed by atoms with Gasteiger partial charge in [0.2, 0.25) is 5.95 Å². The van der Waals surface area contributed by atoms with Crippen molar-refractivity contribution in [3.05, 3.63) is 52.8 Å². The van der Waals surface area contributed by atoms with Gasteiger partial charge < -0.3 is 14.5 Å². The molecule has 0 atom stereocenters. The number of anilines is 1. The van der Waals surface area contributed by atoms with E-state index in [9.17, 15) is 9.59 Å². The quantitative estimate of drug-likeness (QED) is 0.722. The van der Waals surface area contributed by atoms with Crippen molar-refractivity contribution < 1.29 is 14.3 Å². The van der Waals surface area contributed by atoms with Gasteiger partial charge in [0.25, 0.3) is 5.91 Å². The number of carbonyl (C=O) groups excluding carboxylic acids is 2. The lowest BCUT2D eigenvalue weighted by Gasteiger charge is -2.34. The topological polar surface area (TPSA) is 75.6 Å². The van der Waals surface area contributed by atoms with Crippen molar-refractivity contribution in [2.75, 3.05) is 37.7 Å². The zero-order valence-corrected chi connectivity index (χ0v) is 15.1. The largest absolute Gasteiger partial charge is 0.452 e. The van der Waals surface area contributed by atoms with Gasteiger partial charge in [-0.1, -0.05) is 15.9 Å². The van der Waals surface area contributed by atoms with Gasteiger partial charge in [0.15, 0.2) is 6.61 Å². The molecule has 1 saturated heterocycles. The van der Waals surface area contributed by atoms with Crippen LogP contribution in [0.3, 0.4) is 0 Å². The Morgan fingerprint density at radius 1 is 1.04 bits per heavy atom. The first-order valence-electron chi connectivity index (χ1n) is 7.86. The summed E-state index contributed by atoms with van der Waals surface area (Å²) in [5.74, 6) is -0.0347. The molecule has 1 amide bonds. The molecule has 3 rings (SSSR count). The molecule has 0 aliphatic carbocycles. The molecule has 1 aliphatic heterocycles. The first-order valence-corrected chi connectivity index (χ1v) is 8.65. The predicted molar refractivity (Wildman–Crippen MR) is 95.2 cm³/mol. The highest BCUT2D eigenvalue weighted by Crippen LogP contribution is 2.12. The molecule has 7 nitrogen and oxygen atoms in total. The third-order valence-electron chi connectivity index (χ3n) is 3.87. The Morgan fingerprint density at radius 3 is 2.32 bits per heavy atom. The molecule has 0 spiro atoms. The minimum absolute atomic E-state index is 0.195. The summed E-state index contributed by atoms with van der Waals surface area (Å²) in [5, 5.41) is 0. The fourth-order valence-electron chi connectivity index (χ4n) is 2.50. The maximum absolute atomic E-state index is 12.2. The molecule has 2 heterocycles. The number of hydrogen-bond donors (Lipinski definition) is 0. The van der Waals surface area contributed by atoms with E-state index in [2.05, 4.69) is 25.9 Å². The van der Waals surface area contributed by atoms with Crippen LogP contribution >= 0.6 is 15.9 Å². The molecule has 1 aromatic carbocycles. The van der Waals surface area contributed by atoms with Gasteiger partial charge in [0.1, 0.15) is 0 Å². The van der Waals surface area contributed by atoms with Crippen molar-refractivity contribution in [2.45, 2.75) is 0 Å². The minimum atomic E-state index is -0.503. The highest BCUT2D eigenvalue weighted by molar-refractivity contribution is 9.10. The summed E-state index contributed by atoms with van der Waals surface area (Å²) < 4.78 is 5.99. The third kappa shape index (κ3) is 4.54. The molecular formula is C17H17BrN4O3. The van der Waals surface area contributed by atoms with Gasteiger partial charge in [-0.05, 0) is 30.3 Å². The van der Waals surface area contributed by atoms with Crippen molar-refractivity contribution in [1.29, 1.82) is 0 Å². The van der Waals surface area contributed by atoms with E-state index in [-0.39, 0.29) is 12.5 Å². The normalized spacial score (nSPS) is 14.3. The van der Waals surface area contributed by atoms with Gasteiger partial charge in [-0.2, -0.15) is 0 Å². The number of nitrogens with zero attached hydrogens (tertiary/aromatic N) is 4. The highest BCUT2D eigenvalue weighted by Gasteiger charge is 2.23. The summed E-state index contributed by atoms with van der Waals surface area (Å²) in [5.41, 5.74) is 0.419. The standard InChI is InChI=1S/C17H17BrN4O3/c18-14-4-2-13(3-5-14)16(24)25-12-15(23)21-8-10-22(11-9-21)17-19-6-1-7-20-17/h1-7H,8-12H2. The molecule has 130 valence electrons. The molecule has 1 fully saturated rings. The van der Waals surface area contributed by atoms with E-state index in [1.54, 1.807) is 47.6 Å². The summed E-state index contributed by atoms with van der Waals surface area (Å²) in [4.78, 5) is 36.3. The van der Waals surface area contributed by atoms with Crippen molar-refractivity contribution in [3.63, 3.8) is 0 Å². The predicted octanol–water partition coefficient (Wildman–Crippen LogP) is 1.74. The summed E-state index contributed by atoms with van der Waals surface area (Å²) in [6.45, 7) is 2.14. The van der Waals surface area contributed by atoms with E-state index in [0.717, 1.165) is 4.47 Å². The second-order valence-corrected chi connectivity index (χ2v) is 6.42. The van der Waals surface area contributed by atoms with E-state index >= 15 is 0 Å². The van der Waals surface area contributed by atoms with Crippen LogP contribution in [0.5, 0.6) is 0 Å². The lowest BCUT2D eigenvalue weighted by molar-refractivity contribution is -0.134. The Hall–Kier alpha value is -2.48. The Morgan fingerprint density at radius 2 is 1.68 bits per heavy atom. The molecule has 0 radical (unpaired) electrons. The first kappa shape index (κ1) is 17.3. The smallest absolute Gasteiger partial charge is 0.338 e. The Bertz CT molecular complexity index is 731. The second-order valence-electron chi connectivity index (χ2n) is 5.50. The van der Waals surface area contributed by atoms with Crippen LogP contribution in [0.4, 0.5) is 5.95 Å². The van der Waals surface area contributed by atoms with Crippen LogP contribution in [0.2, 0.25) is 0 Å². The maximum Gasteiger partial charge on any atom is 0.338 e. The number of rotatable bonds is 4. The van der Waals surface area contributed by atoms with Crippen LogP contribution in [0, 0.1) is 0 Å². The number of piperazine rings is 1. The molecule has 2 aromatic rings. The molecule has 0 N–H and O–H groups in total. The van der Waals surface area contributed by atoms with E-state index in [1.807, 2.05) is 4.90 Å². The average molecular weight is 405 g/mol. The number of halogens is 1. The van der Waals surface area contributed by atoms with E-state index < -0.39 is 5.97 Å². The minimum Gasteiger partial charge on any atom is -0.452 e. The number of esters is 1. The van der Waals surface area contributed by atoms with Crippen LogP contribution in [0.15, 0.2) is 47.2 Å². The van der Waals surface area contributed by atoms with E-state index in [0.29, 0.717) is 37.7 Å². The van der Waals surface area contributed by atoms with Crippen LogP contribution in [0.25, 0.3) is 0 Å². The lowest BCUT2D eigenvalue weighted by Crippen LogP contribution is -2.50. The van der Waals surface area contributed by atoms with Gasteiger partial charge in [-0.3, -0.25) is 4.79 Å². The summed E-state index contributed by atoms with van der Waals surface area (Å²) >= 11 is 3.30. The summed E-state index contributed by atoms with van der Waals surface area (Å²) in [6.07, 6.45) is 3.39. The van der Waals surface area contributed by atoms with E-state index in [4.69, 9.17) is 4.74 Å². The number of benzene rings is 1. The molecule has 1 aromatic heterocycles. The molecular weight excluding hydrogens is 388 g/mol. The Labute approximate surface area is 153 Å². The van der Waals surface area contributed by atoms with Crippen LogP contribution in [-0.2, 0) is 9.53 Å². The monoisotopic (exact) mass is 404 g/mol. The SMILES string of the molecule is O=C(OCC(=O)N1CCN(c2ncccn2)CC1)c1ccc(Br)cc1. The van der Waals surface area contributed by atoms with Crippen molar-refractivity contribution in [3.8, 4) is 0 Å². The van der Waals surface area contributed by atoms with Crippen molar-refractivity contribution >= 4 is 33.8 Å². The number of ether oxygens (including phenoxy) is 1. The van der Waals surface area contributed by atoms with Gasteiger partial charge in [0, 0.05) is 43.0 Å². The third-order valence-corrected chi connectivity index (χ3v) is 4.40. The van der Waals surface area contributed by atoms with Crippen molar-refractivity contribution in [1.82, 2.24) is 14.9 Å². The average Bonchev–Trinajstić information content (AvgIpc) is 2.67. The highest BCUT2D eigenvalue weighted by atomic mass is 79.9. The van der Waals surface area contributed by atoms with Gasteiger partial charge in [0.05, 0.1) is 5.56 Å². The van der Waals surface area contributed by atoms with E-state index in [1.165, 1.54) is 0 Å². The molecule has 0 saturated carbocycles. The number of hydrogen-bond acceptors (Lipinski definition) is 6. The second kappa shape index (κ2) is 8.06. The van der Waals surface area contributed by atoms with Crippen LogP contribution in [-0.4, -0.2) is 59.5 Å². The molecule has 0 unspecified atom stereocenters. The number of amides is 1. The van der Waals surface area contributed by atoms with Crippen LogP contribution < -0.4 is 4.90 Å². The summed E-state index contributed by atoms with van der Waals surface area (Å²) in [6, 6.07) is 8.57. The molecule has 25 heavy (non-hydrogen) atoms. The number of carbonyl (C=O) groups is 2.